The van der Waals surface area contributed by atoms with Gasteiger partial charge in [-0.25, -0.2) is 4.79 Å². The van der Waals surface area contributed by atoms with Gasteiger partial charge in [-0.1, -0.05) is 49.0 Å². The first-order valence-electron chi connectivity index (χ1n) is 7.64. The highest BCUT2D eigenvalue weighted by atomic mass is 19.4. The second-order valence-corrected chi connectivity index (χ2v) is 5.85. The van der Waals surface area contributed by atoms with Gasteiger partial charge >= 0.3 is 18.1 Å². The fraction of sp³-hybridized carbons (Fsp3) is 0.211. The number of carbonyl (C=O) groups is 1. The fourth-order valence-electron chi connectivity index (χ4n) is 3.07. The minimum Gasteiger partial charge on any atom is -0.447 e. The number of hydrogen-bond acceptors (Lipinski definition) is 2. The summed E-state index contributed by atoms with van der Waals surface area (Å²) in [6.07, 6.45) is -7.94. The Kier molecular flexibility index (Phi) is 4.34. The van der Waals surface area contributed by atoms with Gasteiger partial charge in [0.25, 0.3) is 0 Å². The van der Waals surface area contributed by atoms with E-state index in [4.69, 9.17) is 0 Å². The molecule has 0 heterocycles. The summed E-state index contributed by atoms with van der Waals surface area (Å²) in [6.45, 7) is 3.06. The van der Waals surface area contributed by atoms with Crippen LogP contribution < -0.4 is 0 Å². The van der Waals surface area contributed by atoms with E-state index in [1.807, 2.05) is 0 Å². The molecule has 0 radical (unpaired) electrons. The zero-order valence-corrected chi connectivity index (χ0v) is 13.3. The van der Waals surface area contributed by atoms with Crippen LogP contribution in [0.15, 0.2) is 55.1 Å². The molecule has 1 aliphatic rings. The Morgan fingerprint density at radius 3 is 2.35 bits per heavy atom. The summed E-state index contributed by atoms with van der Waals surface area (Å²) >= 11 is 0. The predicted molar refractivity (Wildman–Crippen MR) is 84.7 cm³/mol. The molecule has 0 bridgehead atoms. The molecular formula is C19H13F5O2. The molecule has 0 saturated heterocycles. The Bertz CT molecular complexity index is 870. The third kappa shape index (κ3) is 2.87. The molecule has 1 aliphatic carbocycles. The van der Waals surface area contributed by atoms with Crippen molar-refractivity contribution in [2.75, 3.05) is 0 Å². The van der Waals surface area contributed by atoms with Crippen LogP contribution in [-0.4, -0.2) is 18.1 Å². The second-order valence-electron chi connectivity index (χ2n) is 5.85. The van der Waals surface area contributed by atoms with Crippen molar-refractivity contribution in [2.45, 2.75) is 24.6 Å². The molecule has 1 unspecified atom stereocenters. The van der Waals surface area contributed by atoms with Crippen molar-refractivity contribution in [3.8, 4) is 11.1 Å². The number of fused-ring (bicyclic) bond motifs is 3. The van der Waals surface area contributed by atoms with Crippen molar-refractivity contribution in [1.82, 2.24) is 0 Å². The average molecular weight is 368 g/mol. The van der Waals surface area contributed by atoms with E-state index in [1.165, 1.54) is 6.07 Å². The molecular weight excluding hydrogens is 355 g/mol. The molecule has 3 rings (SSSR count). The zero-order chi connectivity index (χ0) is 19.1. The topological polar surface area (TPSA) is 26.3 Å². The molecule has 2 aromatic carbocycles. The van der Waals surface area contributed by atoms with Crippen LogP contribution in [0.1, 0.15) is 22.8 Å². The summed E-state index contributed by atoms with van der Waals surface area (Å²) in [5.41, 5.74) is 2.04. The first kappa shape index (κ1) is 18.1. The van der Waals surface area contributed by atoms with Gasteiger partial charge in [0.15, 0.2) is 0 Å². The third-order valence-corrected chi connectivity index (χ3v) is 4.28. The first-order valence-corrected chi connectivity index (χ1v) is 7.64. The number of carbonyl (C=O) groups excluding carboxylic acids is 1. The van der Waals surface area contributed by atoms with Crippen LogP contribution in [0.5, 0.6) is 0 Å². The SMILES string of the molecule is C=CC(=O)OC(c1cccc2c1Cc1ccccc1-2)C(F)(F)C(F)(F)F. The highest BCUT2D eigenvalue weighted by Gasteiger charge is 2.65. The van der Waals surface area contributed by atoms with E-state index in [0.29, 0.717) is 17.2 Å². The number of halogens is 5. The third-order valence-electron chi connectivity index (χ3n) is 4.28. The van der Waals surface area contributed by atoms with Crippen molar-refractivity contribution < 1.29 is 31.5 Å². The molecule has 7 heteroatoms. The Balaban J connectivity index is 2.15. The number of rotatable bonds is 4. The van der Waals surface area contributed by atoms with Crippen LogP contribution >= 0.6 is 0 Å². The summed E-state index contributed by atoms with van der Waals surface area (Å²) in [7, 11) is 0. The van der Waals surface area contributed by atoms with Gasteiger partial charge in [0.05, 0.1) is 0 Å². The smallest absolute Gasteiger partial charge is 0.447 e. The summed E-state index contributed by atoms with van der Waals surface area (Å²) in [4.78, 5) is 11.4. The van der Waals surface area contributed by atoms with E-state index in [2.05, 4.69) is 11.3 Å². The molecule has 0 fully saturated rings. The minimum atomic E-state index is -5.88. The molecule has 0 spiro atoms. The monoisotopic (exact) mass is 368 g/mol. The number of ether oxygens (including phenoxy) is 1. The molecule has 1 atom stereocenters. The average Bonchev–Trinajstić information content (AvgIpc) is 2.97. The lowest BCUT2D eigenvalue weighted by molar-refractivity contribution is -0.316. The maximum Gasteiger partial charge on any atom is 0.457 e. The van der Waals surface area contributed by atoms with Gasteiger partial charge in [-0.2, -0.15) is 22.0 Å². The number of esters is 1. The van der Waals surface area contributed by atoms with Gasteiger partial charge in [0, 0.05) is 11.6 Å². The number of benzene rings is 2. The summed E-state index contributed by atoms with van der Waals surface area (Å²) < 4.78 is 71.7. The second kappa shape index (κ2) is 6.23. The first-order chi connectivity index (χ1) is 12.2. The van der Waals surface area contributed by atoms with Crippen molar-refractivity contribution >= 4 is 5.97 Å². The normalized spacial score (nSPS) is 14.3. The molecule has 0 N–H and O–H groups in total. The van der Waals surface area contributed by atoms with Crippen molar-refractivity contribution in [3.05, 3.63) is 71.8 Å². The highest BCUT2D eigenvalue weighted by molar-refractivity contribution is 5.82. The molecule has 0 aliphatic heterocycles. The Morgan fingerprint density at radius 2 is 1.69 bits per heavy atom. The molecule has 2 aromatic rings. The van der Waals surface area contributed by atoms with E-state index < -0.39 is 24.2 Å². The lowest BCUT2D eigenvalue weighted by Crippen LogP contribution is -2.44. The predicted octanol–water partition coefficient (Wildman–Crippen LogP) is 5.23. The Hall–Kier alpha value is -2.70. The minimum absolute atomic E-state index is 0.178. The molecule has 136 valence electrons. The maximum absolute atomic E-state index is 14.1. The Labute approximate surface area is 145 Å². The van der Waals surface area contributed by atoms with E-state index in [9.17, 15) is 26.7 Å². The van der Waals surface area contributed by atoms with Crippen LogP contribution in [0, 0.1) is 0 Å². The van der Waals surface area contributed by atoms with E-state index in [0.717, 1.165) is 17.2 Å². The van der Waals surface area contributed by atoms with Gasteiger partial charge in [0.2, 0.25) is 6.10 Å². The molecule has 0 aromatic heterocycles. The lowest BCUT2D eigenvalue weighted by atomic mass is 9.94. The summed E-state index contributed by atoms with van der Waals surface area (Å²) in [6, 6.07) is 11.2. The van der Waals surface area contributed by atoms with Crippen molar-refractivity contribution in [3.63, 3.8) is 0 Å². The van der Waals surface area contributed by atoms with E-state index in [1.54, 1.807) is 30.3 Å². The van der Waals surface area contributed by atoms with Crippen LogP contribution in [0.2, 0.25) is 0 Å². The van der Waals surface area contributed by atoms with Gasteiger partial charge in [-0.3, -0.25) is 0 Å². The summed E-state index contributed by atoms with van der Waals surface area (Å²) in [5, 5.41) is 0. The van der Waals surface area contributed by atoms with Gasteiger partial charge < -0.3 is 4.74 Å². The van der Waals surface area contributed by atoms with Crippen LogP contribution in [-0.2, 0) is 16.0 Å². The maximum atomic E-state index is 14.1. The largest absolute Gasteiger partial charge is 0.457 e. The quantitative estimate of drug-likeness (QED) is 0.358. The Morgan fingerprint density at radius 1 is 1.04 bits per heavy atom. The van der Waals surface area contributed by atoms with Crippen LogP contribution in [0.4, 0.5) is 22.0 Å². The fourth-order valence-corrected chi connectivity index (χ4v) is 3.07. The van der Waals surface area contributed by atoms with Gasteiger partial charge in [0.1, 0.15) is 0 Å². The van der Waals surface area contributed by atoms with Gasteiger partial charge in [-0.05, 0) is 28.7 Å². The lowest BCUT2D eigenvalue weighted by Gasteiger charge is -2.29. The zero-order valence-electron chi connectivity index (χ0n) is 13.3. The number of hydrogen-bond donors (Lipinski definition) is 0. The van der Waals surface area contributed by atoms with Crippen LogP contribution in [0.3, 0.4) is 0 Å². The molecule has 26 heavy (non-hydrogen) atoms. The van der Waals surface area contributed by atoms with E-state index in [-0.39, 0.29) is 12.0 Å². The molecule has 0 amide bonds. The van der Waals surface area contributed by atoms with Gasteiger partial charge in [-0.15, -0.1) is 0 Å². The van der Waals surface area contributed by atoms with Crippen LogP contribution in [0.25, 0.3) is 11.1 Å². The highest BCUT2D eigenvalue weighted by Crippen LogP contribution is 2.49. The molecule has 2 nitrogen and oxygen atoms in total. The summed E-state index contributed by atoms with van der Waals surface area (Å²) in [5.74, 6) is -6.61. The van der Waals surface area contributed by atoms with E-state index >= 15 is 0 Å². The van der Waals surface area contributed by atoms with Crippen molar-refractivity contribution in [2.24, 2.45) is 0 Å². The molecule has 0 saturated carbocycles. The number of alkyl halides is 5. The van der Waals surface area contributed by atoms with Crippen molar-refractivity contribution in [1.29, 1.82) is 0 Å². The standard InChI is InChI=1S/C19H13F5O2/c1-2-16(25)26-17(18(20,21)19(22,23)24)14-9-5-8-13-12-7-4-3-6-11(12)10-15(13)14/h2-9,17H,1,10H2.